The summed E-state index contributed by atoms with van der Waals surface area (Å²) in [5.41, 5.74) is 1.15. The van der Waals surface area contributed by atoms with Crippen LogP contribution in [0.4, 0.5) is 13.2 Å². The lowest BCUT2D eigenvalue weighted by atomic mass is 10.0. The van der Waals surface area contributed by atoms with Crippen LogP contribution in [0.1, 0.15) is 24.8 Å². The molecule has 1 aromatic rings. The number of benzene rings is 1. The number of rotatable bonds is 6. The van der Waals surface area contributed by atoms with E-state index in [1.54, 1.807) is 7.05 Å². The second kappa shape index (κ2) is 6.64. The Balaban J connectivity index is 2.34. The van der Waals surface area contributed by atoms with Crippen molar-refractivity contribution < 1.29 is 13.2 Å². The number of alkyl halides is 3. The molecule has 1 atom stereocenters. The third-order valence-electron chi connectivity index (χ3n) is 2.75. The van der Waals surface area contributed by atoms with Crippen molar-refractivity contribution in [1.82, 2.24) is 5.32 Å². The first kappa shape index (κ1) is 14.0. The van der Waals surface area contributed by atoms with E-state index in [4.69, 9.17) is 0 Å². The van der Waals surface area contributed by atoms with Crippen LogP contribution in [0.15, 0.2) is 30.3 Å². The van der Waals surface area contributed by atoms with Gasteiger partial charge in [0.1, 0.15) is 0 Å². The number of likely N-dealkylation sites (N-methyl/N-ethyl adjacent to an activating group) is 1. The van der Waals surface area contributed by atoms with Gasteiger partial charge in [0.05, 0.1) is 0 Å². The molecule has 17 heavy (non-hydrogen) atoms. The van der Waals surface area contributed by atoms with Gasteiger partial charge in [-0.05, 0) is 31.9 Å². The van der Waals surface area contributed by atoms with Gasteiger partial charge in [0, 0.05) is 12.5 Å². The van der Waals surface area contributed by atoms with Gasteiger partial charge in [0.2, 0.25) is 0 Å². The quantitative estimate of drug-likeness (QED) is 0.808. The first-order valence-electron chi connectivity index (χ1n) is 5.79. The summed E-state index contributed by atoms with van der Waals surface area (Å²) in [7, 11) is 1.79. The molecule has 0 saturated heterocycles. The lowest BCUT2D eigenvalue weighted by Crippen LogP contribution is -2.28. The summed E-state index contributed by atoms with van der Waals surface area (Å²) in [6.07, 6.45) is -3.23. The number of hydrogen-bond acceptors (Lipinski definition) is 1. The molecular weight excluding hydrogens is 227 g/mol. The summed E-state index contributed by atoms with van der Waals surface area (Å²) in [5.74, 6) is 0. The minimum Gasteiger partial charge on any atom is -0.317 e. The van der Waals surface area contributed by atoms with E-state index < -0.39 is 12.6 Å². The van der Waals surface area contributed by atoms with Gasteiger partial charge in [-0.25, -0.2) is 0 Å². The van der Waals surface area contributed by atoms with Crippen LogP contribution in [0.5, 0.6) is 0 Å². The topological polar surface area (TPSA) is 12.0 Å². The molecule has 96 valence electrons. The van der Waals surface area contributed by atoms with Crippen molar-refractivity contribution in [2.75, 3.05) is 7.05 Å². The van der Waals surface area contributed by atoms with Crippen molar-refractivity contribution in [3.8, 4) is 0 Å². The minimum atomic E-state index is -4.04. The normalized spacial score (nSPS) is 13.6. The number of nitrogens with one attached hydrogen (secondary N) is 1. The monoisotopic (exact) mass is 245 g/mol. The first-order chi connectivity index (χ1) is 8.01. The van der Waals surface area contributed by atoms with Crippen LogP contribution in [0.3, 0.4) is 0 Å². The summed E-state index contributed by atoms with van der Waals surface area (Å²) in [4.78, 5) is 0. The Morgan fingerprint density at radius 3 is 2.35 bits per heavy atom. The van der Waals surface area contributed by atoms with Gasteiger partial charge in [-0.3, -0.25) is 0 Å². The Morgan fingerprint density at radius 2 is 1.82 bits per heavy atom. The fraction of sp³-hybridized carbons (Fsp3) is 0.538. The molecule has 1 aromatic carbocycles. The zero-order valence-corrected chi connectivity index (χ0v) is 9.93. The standard InChI is InChI=1S/C13H18F3N/c1-17-12(8-5-9-13(14,15)16)10-11-6-3-2-4-7-11/h2-4,6-7,12,17H,5,8-10H2,1H3. The van der Waals surface area contributed by atoms with Gasteiger partial charge < -0.3 is 5.32 Å². The van der Waals surface area contributed by atoms with Crippen LogP contribution >= 0.6 is 0 Å². The molecule has 1 N–H and O–H groups in total. The molecule has 0 amide bonds. The van der Waals surface area contributed by atoms with Gasteiger partial charge in [-0.15, -0.1) is 0 Å². The highest BCUT2D eigenvalue weighted by molar-refractivity contribution is 5.15. The van der Waals surface area contributed by atoms with Crippen LogP contribution in [-0.4, -0.2) is 19.3 Å². The second-order valence-electron chi connectivity index (χ2n) is 4.18. The average Bonchev–Trinajstić information content (AvgIpc) is 2.27. The maximum absolute atomic E-state index is 12.0. The summed E-state index contributed by atoms with van der Waals surface area (Å²) < 4.78 is 36.0. The van der Waals surface area contributed by atoms with Gasteiger partial charge in [0.15, 0.2) is 0 Å². The predicted molar refractivity (Wildman–Crippen MR) is 62.9 cm³/mol. The Labute approximate surface area is 100 Å². The van der Waals surface area contributed by atoms with Crippen LogP contribution in [0.2, 0.25) is 0 Å². The van der Waals surface area contributed by atoms with Crippen molar-refractivity contribution in [2.24, 2.45) is 0 Å². The average molecular weight is 245 g/mol. The van der Waals surface area contributed by atoms with E-state index in [9.17, 15) is 13.2 Å². The van der Waals surface area contributed by atoms with Crippen LogP contribution in [-0.2, 0) is 6.42 Å². The highest BCUT2D eigenvalue weighted by Gasteiger charge is 2.26. The highest BCUT2D eigenvalue weighted by Crippen LogP contribution is 2.23. The molecule has 0 bridgehead atoms. The number of hydrogen-bond donors (Lipinski definition) is 1. The molecule has 0 fully saturated rings. The fourth-order valence-electron chi connectivity index (χ4n) is 1.80. The van der Waals surface area contributed by atoms with Crippen molar-refractivity contribution in [3.63, 3.8) is 0 Å². The van der Waals surface area contributed by atoms with Gasteiger partial charge >= 0.3 is 6.18 Å². The molecule has 0 aromatic heterocycles. The van der Waals surface area contributed by atoms with Gasteiger partial charge in [-0.1, -0.05) is 30.3 Å². The predicted octanol–water partition coefficient (Wildman–Crippen LogP) is 3.55. The van der Waals surface area contributed by atoms with E-state index in [-0.39, 0.29) is 12.5 Å². The summed E-state index contributed by atoms with van der Waals surface area (Å²) in [6.45, 7) is 0. The van der Waals surface area contributed by atoms with E-state index in [0.717, 1.165) is 12.0 Å². The molecule has 0 radical (unpaired) electrons. The van der Waals surface area contributed by atoms with Crippen LogP contribution < -0.4 is 5.32 Å². The molecule has 0 spiro atoms. The van der Waals surface area contributed by atoms with Crippen molar-refractivity contribution in [1.29, 1.82) is 0 Å². The Hall–Kier alpha value is -1.03. The van der Waals surface area contributed by atoms with Crippen LogP contribution in [0, 0.1) is 0 Å². The Bertz CT molecular complexity index is 308. The maximum Gasteiger partial charge on any atom is 0.389 e. The summed E-state index contributed by atoms with van der Waals surface area (Å²) in [6, 6.07) is 9.92. The van der Waals surface area contributed by atoms with Crippen molar-refractivity contribution in [2.45, 2.75) is 37.9 Å². The maximum atomic E-state index is 12.0. The smallest absolute Gasteiger partial charge is 0.317 e. The zero-order chi connectivity index (χ0) is 12.7. The van der Waals surface area contributed by atoms with Crippen molar-refractivity contribution >= 4 is 0 Å². The van der Waals surface area contributed by atoms with E-state index >= 15 is 0 Å². The molecule has 0 aliphatic rings. The molecule has 1 unspecified atom stereocenters. The third-order valence-corrected chi connectivity index (χ3v) is 2.75. The third kappa shape index (κ3) is 6.31. The molecule has 1 nitrogen and oxygen atoms in total. The van der Waals surface area contributed by atoms with Crippen molar-refractivity contribution in [3.05, 3.63) is 35.9 Å². The number of halogens is 3. The lowest BCUT2D eigenvalue weighted by Gasteiger charge is -2.16. The highest BCUT2D eigenvalue weighted by atomic mass is 19.4. The van der Waals surface area contributed by atoms with E-state index in [0.29, 0.717) is 6.42 Å². The SMILES string of the molecule is CNC(CCCC(F)(F)F)Cc1ccccc1. The Kier molecular flexibility index (Phi) is 5.48. The first-order valence-corrected chi connectivity index (χ1v) is 5.79. The van der Waals surface area contributed by atoms with Gasteiger partial charge in [-0.2, -0.15) is 13.2 Å². The molecule has 0 saturated carbocycles. The molecule has 0 aliphatic carbocycles. The van der Waals surface area contributed by atoms with Crippen LogP contribution in [0.25, 0.3) is 0 Å². The van der Waals surface area contributed by atoms with E-state index in [1.807, 2.05) is 30.3 Å². The zero-order valence-electron chi connectivity index (χ0n) is 9.93. The fourth-order valence-corrected chi connectivity index (χ4v) is 1.80. The Morgan fingerprint density at radius 1 is 1.18 bits per heavy atom. The molecule has 4 heteroatoms. The second-order valence-corrected chi connectivity index (χ2v) is 4.18. The summed E-state index contributed by atoms with van der Waals surface area (Å²) in [5, 5.41) is 3.07. The van der Waals surface area contributed by atoms with Gasteiger partial charge in [0.25, 0.3) is 0 Å². The molecular formula is C13H18F3N. The van der Waals surface area contributed by atoms with E-state index in [2.05, 4.69) is 5.32 Å². The minimum absolute atomic E-state index is 0.111. The molecule has 0 aliphatic heterocycles. The summed E-state index contributed by atoms with van der Waals surface area (Å²) >= 11 is 0. The largest absolute Gasteiger partial charge is 0.389 e. The van der Waals surface area contributed by atoms with E-state index in [1.165, 1.54) is 0 Å². The molecule has 1 rings (SSSR count). The lowest BCUT2D eigenvalue weighted by molar-refractivity contribution is -0.135. The molecule has 0 heterocycles.